The van der Waals surface area contributed by atoms with Gasteiger partial charge in [-0.1, -0.05) is 54.2 Å². The number of halogens is 1. The SMILES string of the molecule is CCOc1ccc(-n2c(SCC(=O)NN=CC(Br)=Cc3ccccc3)nc3ccccc3c2=O)cc1. The molecule has 7 nitrogen and oxygen atoms in total. The first kappa shape index (κ1) is 25.4. The number of para-hydroxylation sites is 1. The molecule has 0 fully saturated rings. The molecule has 0 bridgehead atoms. The van der Waals surface area contributed by atoms with Gasteiger partial charge in [-0.05, 0) is 70.9 Å². The quantitative estimate of drug-likeness (QED) is 0.127. The lowest BCUT2D eigenvalue weighted by molar-refractivity contribution is -0.118. The van der Waals surface area contributed by atoms with E-state index in [1.54, 1.807) is 42.5 Å². The average Bonchev–Trinajstić information content (AvgIpc) is 2.89. The molecule has 36 heavy (non-hydrogen) atoms. The summed E-state index contributed by atoms with van der Waals surface area (Å²) in [6, 6.07) is 24.1. The second-order valence-electron chi connectivity index (χ2n) is 7.50. The largest absolute Gasteiger partial charge is 0.494 e. The van der Waals surface area contributed by atoms with Gasteiger partial charge in [-0.25, -0.2) is 10.4 Å². The summed E-state index contributed by atoms with van der Waals surface area (Å²) in [6.45, 7) is 2.46. The highest BCUT2D eigenvalue weighted by Gasteiger charge is 2.15. The lowest BCUT2D eigenvalue weighted by atomic mass is 10.2. The molecule has 1 N–H and O–H groups in total. The molecule has 0 saturated heterocycles. The van der Waals surface area contributed by atoms with E-state index in [1.807, 2.05) is 49.4 Å². The maximum atomic E-state index is 13.3. The minimum atomic E-state index is -0.322. The Balaban J connectivity index is 1.51. The second-order valence-corrected chi connectivity index (χ2v) is 9.36. The van der Waals surface area contributed by atoms with Gasteiger partial charge in [0, 0.05) is 4.48 Å². The lowest BCUT2D eigenvalue weighted by Crippen LogP contribution is -2.24. The van der Waals surface area contributed by atoms with Crippen molar-refractivity contribution in [1.82, 2.24) is 15.0 Å². The van der Waals surface area contributed by atoms with Crippen molar-refractivity contribution in [3.63, 3.8) is 0 Å². The second kappa shape index (κ2) is 12.3. The van der Waals surface area contributed by atoms with Gasteiger partial charge in [-0.2, -0.15) is 5.10 Å². The van der Waals surface area contributed by atoms with E-state index in [0.717, 1.165) is 17.3 Å². The Morgan fingerprint density at radius 2 is 1.81 bits per heavy atom. The summed E-state index contributed by atoms with van der Waals surface area (Å²) in [5.41, 5.74) is 4.52. The summed E-state index contributed by atoms with van der Waals surface area (Å²) >= 11 is 4.58. The third-order valence-electron chi connectivity index (χ3n) is 4.96. The van der Waals surface area contributed by atoms with Gasteiger partial charge >= 0.3 is 0 Å². The smallest absolute Gasteiger partial charge is 0.266 e. The van der Waals surface area contributed by atoms with Crippen molar-refractivity contribution in [2.45, 2.75) is 12.1 Å². The number of fused-ring (bicyclic) bond motifs is 1. The molecule has 0 aliphatic rings. The Hall–Kier alpha value is -3.69. The molecule has 9 heteroatoms. The van der Waals surface area contributed by atoms with Crippen LogP contribution in [0.4, 0.5) is 0 Å². The number of nitrogens with zero attached hydrogens (tertiary/aromatic N) is 3. The fourth-order valence-corrected chi connectivity index (χ4v) is 4.54. The number of hydrogen-bond donors (Lipinski definition) is 1. The number of rotatable bonds is 9. The number of aromatic nitrogens is 2. The first-order valence-corrected chi connectivity index (χ1v) is 12.9. The molecule has 0 unspecified atom stereocenters. The Morgan fingerprint density at radius 1 is 1.08 bits per heavy atom. The van der Waals surface area contributed by atoms with Crippen LogP contribution in [0.25, 0.3) is 22.7 Å². The first-order chi connectivity index (χ1) is 17.5. The van der Waals surface area contributed by atoms with Crippen LogP contribution in [0.3, 0.4) is 0 Å². The summed E-state index contributed by atoms with van der Waals surface area (Å²) in [4.78, 5) is 30.5. The monoisotopic (exact) mass is 562 g/mol. The third kappa shape index (κ3) is 6.50. The molecule has 1 aromatic heterocycles. The van der Waals surface area contributed by atoms with Crippen molar-refractivity contribution in [2.24, 2.45) is 5.10 Å². The normalized spacial score (nSPS) is 11.7. The van der Waals surface area contributed by atoms with Gasteiger partial charge < -0.3 is 4.74 Å². The molecular formula is C27H23BrN4O3S. The van der Waals surface area contributed by atoms with Crippen LogP contribution in [0.15, 0.2) is 98.4 Å². The van der Waals surface area contributed by atoms with E-state index in [0.29, 0.717) is 38.6 Å². The molecule has 1 amide bonds. The van der Waals surface area contributed by atoms with Crippen LogP contribution in [0.1, 0.15) is 12.5 Å². The van der Waals surface area contributed by atoms with Gasteiger partial charge in [-0.3, -0.25) is 14.2 Å². The number of allylic oxidation sites excluding steroid dienone is 1. The molecule has 0 radical (unpaired) electrons. The van der Waals surface area contributed by atoms with E-state index in [4.69, 9.17) is 4.74 Å². The number of hydrogen-bond acceptors (Lipinski definition) is 6. The highest BCUT2D eigenvalue weighted by Crippen LogP contribution is 2.23. The van der Waals surface area contributed by atoms with Gasteiger partial charge in [0.1, 0.15) is 5.75 Å². The van der Waals surface area contributed by atoms with Gasteiger partial charge in [0.05, 0.1) is 35.2 Å². The number of ether oxygens (including phenoxy) is 1. The Labute approximate surface area is 221 Å². The summed E-state index contributed by atoms with van der Waals surface area (Å²) < 4.78 is 7.73. The highest BCUT2D eigenvalue weighted by molar-refractivity contribution is 9.12. The standard InChI is InChI=1S/C27H23BrN4O3S/c1-2-35-22-14-12-21(13-15-22)32-26(34)23-10-6-7-11-24(23)30-27(32)36-18-25(33)31-29-17-20(28)16-19-8-4-3-5-9-19/h3-17H,2,18H2,1H3,(H,31,33). The van der Waals surface area contributed by atoms with E-state index in [9.17, 15) is 9.59 Å². The van der Waals surface area contributed by atoms with Crippen molar-refractivity contribution in [3.05, 3.63) is 99.3 Å². The predicted octanol–water partition coefficient (Wildman–Crippen LogP) is 5.41. The predicted molar refractivity (Wildman–Crippen MR) is 149 cm³/mol. The number of benzene rings is 3. The molecule has 0 aliphatic heterocycles. The minimum Gasteiger partial charge on any atom is -0.494 e. The molecule has 0 aliphatic carbocycles. The molecule has 3 aromatic carbocycles. The topological polar surface area (TPSA) is 85.6 Å². The Bertz CT molecular complexity index is 1470. The number of carbonyl (C=O) groups is 1. The fraction of sp³-hybridized carbons (Fsp3) is 0.111. The minimum absolute atomic E-state index is 0.0270. The molecule has 182 valence electrons. The van der Waals surface area contributed by atoms with Crippen LogP contribution in [0.5, 0.6) is 5.75 Å². The molecule has 0 atom stereocenters. The van der Waals surface area contributed by atoms with Gasteiger partial charge in [0.2, 0.25) is 0 Å². The van der Waals surface area contributed by atoms with Crippen molar-refractivity contribution in [2.75, 3.05) is 12.4 Å². The van der Waals surface area contributed by atoms with Crippen LogP contribution in [-0.2, 0) is 4.79 Å². The fourth-order valence-electron chi connectivity index (χ4n) is 3.37. The van der Waals surface area contributed by atoms with Gasteiger partial charge in [0.15, 0.2) is 5.16 Å². The molecule has 0 spiro atoms. The van der Waals surface area contributed by atoms with Crippen LogP contribution < -0.4 is 15.7 Å². The van der Waals surface area contributed by atoms with Crippen molar-refractivity contribution >= 4 is 56.8 Å². The third-order valence-corrected chi connectivity index (χ3v) is 6.34. The van der Waals surface area contributed by atoms with E-state index >= 15 is 0 Å². The zero-order valence-electron chi connectivity index (χ0n) is 19.4. The number of nitrogens with one attached hydrogen (secondary N) is 1. The maximum absolute atomic E-state index is 13.3. The van der Waals surface area contributed by atoms with Gasteiger partial charge in [-0.15, -0.1) is 0 Å². The first-order valence-electron chi connectivity index (χ1n) is 11.2. The van der Waals surface area contributed by atoms with E-state index in [1.165, 1.54) is 10.8 Å². The molecule has 4 aromatic rings. The van der Waals surface area contributed by atoms with Crippen LogP contribution in [0.2, 0.25) is 0 Å². The zero-order chi connectivity index (χ0) is 25.3. The average molecular weight is 563 g/mol. The Morgan fingerprint density at radius 3 is 2.56 bits per heavy atom. The van der Waals surface area contributed by atoms with Crippen LogP contribution in [0, 0.1) is 0 Å². The summed E-state index contributed by atoms with van der Waals surface area (Å²) in [7, 11) is 0. The van der Waals surface area contributed by atoms with Gasteiger partial charge in [0.25, 0.3) is 11.5 Å². The molecule has 1 heterocycles. The van der Waals surface area contributed by atoms with E-state index in [2.05, 4.69) is 31.4 Å². The Kier molecular flexibility index (Phi) is 8.70. The van der Waals surface area contributed by atoms with E-state index in [-0.39, 0.29) is 17.2 Å². The summed E-state index contributed by atoms with van der Waals surface area (Å²) in [5, 5.41) is 4.91. The zero-order valence-corrected chi connectivity index (χ0v) is 21.8. The number of hydrazone groups is 1. The number of thioether (sulfide) groups is 1. The van der Waals surface area contributed by atoms with Crippen LogP contribution in [-0.4, -0.2) is 34.0 Å². The highest BCUT2D eigenvalue weighted by atomic mass is 79.9. The lowest BCUT2D eigenvalue weighted by Gasteiger charge is -2.13. The van der Waals surface area contributed by atoms with Crippen molar-refractivity contribution < 1.29 is 9.53 Å². The van der Waals surface area contributed by atoms with E-state index < -0.39 is 0 Å². The number of amides is 1. The van der Waals surface area contributed by atoms with Crippen molar-refractivity contribution in [3.8, 4) is 11.4 Å². The van der Waals surface area contributed by atoms with Crippen LogP contribution >= 0.6 is 27.7 Å². The maximum Gasteiger partial charge on any atom is 0.266 e. The summed E-state index contributed by atoms with van der Waals surface area (Å²) in [6.07, 6.45) is 3.40. The molecule has 0 saturated carbocycles. The molecular weight excluding hydrogens is 540 g/mol. The molecule has 4 rings (SSSR count). The van der Waals surface area contributed by atoms with Crippen molar-refractivity contribution in [1.29, 1.82) is 0 Å². The summed E-state index contributed by atoms with van der Waals surface area (Å²) in [5.74, 6) is 0.415. The number of carbonyl (C=O) groups excluding carboxylic acids is 1.